The second kappa shape index (κ2) is 2.50. The van der Waals surface area contributed by atoms with Crippen LogP contribution in [0.3, 0.4) is 0 Å². The van der Waals surface area contributed by atoms with Crippen molar-refractivity contribution in [2.75, 3.05) is 11.9 Å². The zero-order valence-corrected chi connectivity index (χ0v) is 6.12. The topological polar surface area (TPSA) is 63.0 Å². The minimum Gasteiger partial charge on any atom is -0.388 e. The van der Waals surface area contributed by atoms with Gasteiger partial charge in [0, 0.05) is 13.1 Å². The Morgan fingerprint density at radius 3 is 3.27 bits per heavy atom. The SMILES string of the molecule is OCc1nc2n(n1)CCCN2. The lowest BCUT2D eigenvalue weighted by Crippen LogP contribution is -2.17. The minimum absolute atomic E-state index is 0.0817. The van der Waals surface area contributed by atoms with Gasteiger partial charge in [0.05, 0.1) is 0 Å². The lowest BCUT2D eigenvalue weighted by atomic mass is 10.4. The second-order valence-electron chi connectivity index (χ2n) is 2.51. The first-order valence-corrected chi connectivity index (χ1v) is 3.68. The summed E-state index contributed by atoms with van der Waals surface area (Å²) in [6, 6.07) is 0. The van der Waals surface area contributed by atoms with Crippen LogP contribution < -0.4 is 5.32 Å². The molecule has 1 aliphatic heterocycles. The molecule has 0 radical (unpaired) electrons. The van der Waals surface area contributed by atoms with Crippen molar-refractivity contribution in [2.45, 2.75) is 19.6 Å². The molecular formula is C6H10N4O. The van der Waals surface area contributed by atoms with E-state index in [-0.39, 0.29) is 6.61 Å². The van der Waals surface area contributed by atoms with E-state index in [1.54, 1.807) is 4.68 Å². The molecule has 0 bridgehead atoms. The summed E-state index contributed by atoms with van der Waals surface area (Å²) in [4.78, 5) is 4.06. The van der Waals surface area contributed by atoms with Crippen molar-refractivity contribution in [3.8, 4) is 0 Å². The maximum atomic E-state index is 8.72. The van der Waals surface area contributed by atoms with Gasteiger partial charge in [-0.05, 0) is 6.42 Å². The van der Waals surface area contributed by atoms with E-state index in [0.29, 0.717) is 5.82 Å². The number of aromatic nitrogens is 3. The van der Waals surface area contributed by atoms with Crippen LogP contribution in [-0.2, 0) is 13.2 Å². The van der Waals surface area contributed by atoms with Crippen LogP contribution in [0.25, 0.3) is 0 Å². The average molecular weight is 154 g/mol. The predicted octanol–water partition coefficient (Wildman–Crippen LogP) is -0.414. The largest absolute Gasteiger partial charge is 0.388 e. The number of hydrogen-bond donors (Lipinski definition) is 2. The molecule has 1 aromatic heterocycles. The molecule has 11 heavy (non-hydrogen) atoms. The van der Waals surface area contributed by atoms with E-state index >= 15 is 0 Å². The van der Waals surface area contributed by atoms with Gasteiger partial charge in [0.1, 0.15) is 6.61 Å². The monoisotopic (exact) mass is 154 g/mol. The number of anilines is 1. The van der Waals surface area contributed by atoms with E-state index in [2.05, 4.69) is 15.4 Å². The van der Waals surface area contributed by atoms with Crippen LogP contribution in [0.5, 0.6) is 0 Å². The van der Waals surface area contributed by atoms with Crippen molar-refractivity contribution in [1.82, 2.24) is 14.8 Å². The smallest absolute Gasteiger partial charge is 0.221 e. The van der Waals surface area contributed by atoms with Gasteiger partial charge in [-0.15, -0.1) is 0 Å². The van der Waals surface area contributed by atoms with E-state index in [1.807, 2.05) is 0 Å². The first-order chi connectivity index (χ1) is 5.40. The van der Waals surface area contributed by atoms with Gasteiger partial charge in [0.25, 0.3) is 0 Å². The minimum atomic E-state index is -0.0817. The summed E-state index contributed by atoms with van der Waals surface area (Å²) in [6.07, 6.45) is 1.07. The van der Waals surface area contributed by atoms with Crippen LogP contribution in [0.2, 0.25) is 0 Å². The molecule has 5 heteroatoms. The Hall–Kier alpha value is -1.10. The summed E-state index contributed by atoms with van der Waals surface area (Å²) >= 11 is 0. The standard InChI is InChI=1S/C6H10N4O/c11-4-5-8-6-7-2-1-3-10(6)9-5/h11H,1-4H2,(H,7,8,9). The molecule has 2 rings (SSSR count). The normalized spacial score (nSPS) is 15.7. The molecule has 0 amide bonds. The Bertz CT molecular complexity index is 234. The van der Waals surface area contributed by atoms with Gasteiger partial charge < -0.3 is 10.4 Å². The molecule has 0 atom stereocenters. The summed E-state index contributed by atoms with van der Waals surface area (Å²) in [5, 5.41) is 15.9. The van der Waals surface area contributed by atoms with Crippen LogP contribution >= 0.6 is 0 Å². The average Bonchev–Trinajstić information content (AvgIpc) is 2.46. The molecule has 0 spiro atoms. The summed E-state index contributed by atoms with van der Waals surface area (Å²) < 4.78 is 1.79. The van der Waals surface area contributed by atoms with Gasteiger partial charge in [-0.25, -0.2) is 4.68 Å². The number of nitrogens with one attached hydrogen (secondary N) is 1. The molecule has 0 unspecified atom stereocenters. The first-order valence-electron chi connectivity index (χ1n) is 3.68. The van der Waals surface area contributed by atoms with E-state index in [4.69, 9.17) is 5.11 Å². The van der Waals surface area contributed by atoms with Crippen LogP contribution in [0.1, 0.15) is 12.2 Å². The molecular weight excluding hydrogens is 144 g/mol. The Balaban J connectivity index is 2.32. The number of fused-ring (bicyclic) bond motifs is 1. The fourth-order valence-electron chi connectivity index (χ4n) is 1.17. The number of hydrogen-bond acceptors (Lipinski definition) is 4. The van der Waals surface area contributed by atoms with Crippen LogP contribution in [0.4, 0.5) is 5.95 Å². The Morgan fingerprint density at radius 2 is 2.55 bits per heavy atom. The third-order valence-corrected chi connectivity index (χ3v) is 1.69. The third-order valence-electron chi connectivity index (χ3n) is 1.69. The molecule has 0 fully saturated rings. The lowest BCUT2D eigenvalue weighted by molar-refractivity contribution is 0.270. The predicted molar refractivity (Wildman–Crippen MR) is 39.1 cm³/mol. The molecule has 5 nitrogen and oxygen atoms in total. The highest BCUT2D eigenvalue weighted by Gasteiger charge is 2.11. The third kappa shape index (κ3) is 1.07. The Morgan fingerprint density at radius 1 is 1.64 bits per heavy atom. The van der Waals surface area contributed by atoms with Crippen LogP contribution in [0.15, 0.2) is 0 Å². The molecule has 60 valence electrons. The molecule has 2 N–H and O–H groups in total. The van der Waals surface area contributed by atoms with Gasteiger partial charge in [-0.3, -0.25) is 0 Å². The molecule has 0 saturated carbocycles. The van der Waals surface area contributed by atoms with Gasteiger partial charge in [0.2, 0.25) is 5.95 Å². The van der Waals surface area contributed by atoms with Crippen molar-refractivity contribution >= 4 is 5.95 Å². The molecule has 0 aromatic carbocycles. The number of nitrogens with zero attached hydrogens (tertiary/aromatic N) is 3. The first kappa shape index (κ1) is 6.60. The number of rotatable bonds is 1. The van der Waals surface area contributed by atoms with E-state index in [0.717, 1.165) is 25.5 Å². The van der Waals surface area contributed by atoms with Gasteiger partial charge in [0.15, 0.2) is 5.82 Å². The summed E-state index contributed by atoms with van der Waals surface area (Å²) in [5.74, 6) is 1.27. The van der Waals surface area contributed by atoms with Crippen LogP contribution in [-0.4, -0.2) is 26.4 Å². The van der Waals surface area contributed by atoms with Crippen molar-refractivity contribution < 1.29 is 5.11 Å². The molecule has 0 saturated heterocycles. The van der Waals surface area contributed by atoms with E-state index in [9.17, 15) is 0 Å². The van der Waals surface area contributed by atoms with Gasteiger partial charge >= 0.3 is 0 Å². The molecule has 1 aliphatic rings. The quantitative estimate of drug-likeness (QED) is 0.577. The summed E-state index contributed by atoms with van der Waals surface area (Å²) in [5.41, 5.74) is 0. The Kier molecular flexibility index (Phi) is 1.50. The van der Waals surface area contributed by atoms with Crippen molar-refractivity contribution in [3.63, 3.8) is 0 Å². The summed E-state index contributed by atoms with van der Waals surface area (Å²) in [6.45, 7) is 1.76. The number of aliphatic hydroxyl groups is 1. The Labute approximate surface area is 64.1 Å². The zero-order valence-electron chi connectivity index (χ0n) is 6.12. The molecule has 0 aliphatic carbocycles. The van der Waals surface area contributed by atoms with Crippen molar-refractivity contribution in [2.24, 2.45) is 0 Å². The fraction of sp³-hybridized carbons (Fsp3) is 0.667. The molecule has 1 aromatic rings. The van der Waals surface area contributed by atoms with Gasteiger partial charge in [-0.1, -0.05) is 0 Å². The second-order valence-corrected chi connectivity index (χ2v) is 2.51. The highest BCUT2D eigenvalue weighted by Crippen LogP contribution is 2.10. The fourth-order valence-corrected chi connectivity index (χ4v) is 1.17. The molecule has 2 heterocycles. The van der Waals surface area contributed by atoms with Crippen molar-refractivity contribution in [1.29, 1.82) is 0 Å². The highest BCUT2D eigenvalue weighted by molar-refractivity contribution is 5.26. The van der Waals surface area contributed by atoms with Gasteiger partial charge in [-0.2, -0.15) is 10.1 Å². The maximum Gasteiger partial charge on any atom is 0.221 e. The number of aryl methyl sites for hydroxylation is 1. The maximum absolute atomic E-state index is 8.72. The highest BCUT2D eigenvalue weighted by atomic mass is 16.3. The summed E-state index contributed by atoms with van der Waals surface area (Å²) in [7, 11) is 0. The van der Waals surface area contributed by atoms with Crippen LogP contribution in [0, 0.1) is 0 Å². The number of aliphatic hydroxyl groups excluding tert-OH is 1. The van der Waals surface area contributed by atoms with Crippen molar-refractivity contribution in [3.05, 3.63) is 5.82 Å². The van der Waals surface area contributed by atoms with E-state index < -0.39 is 0 Å². The van der Waals surface area contributed by atoms with E-state index in [1.165, 1.54) is 0 Å². The zero-order chi connectivity index (χ0) is 7.68. The lowest BCUT2D eigenvalue weighted by Gasteiger charge is -2.12.